The molecule has 3 rings (SSSR count). The lowest BCUT2D eigenvalue weighted by Crippen LogP contribution is -2.41. The quantitative estimate of drug-likeness (QED) is 0.364. The maximum atomic E-state index is 13.9. The Balaban J connectivity index is 1.96. The van der Waals surface area contributed by atoms with Gasteiger partial charge in [-0.05, 0) is 93.3 Å². The number of nitrogens with one attached hydrogen (secondary N) is 1. The number of aryl methyl sites for hydroxylation is 3. The van der Waals surface area contributed by atoms with Crippen molar-refractivity contribution in [3.8, 4) is 17.2 Å². The Morgan fingerprint density at radius 1 is 0.895 bits per heavy atom. The molecule has 1 unspecified atom stereocenters. The Morgan fingerprint density at radius 2 is 1.53 bits per heavy atom. The van der Waals surface area contributed by atoms with Gasteiger partial charge >= 0.3 is 0 Å². The first kappa shape index (κ1) is 28.8. The monoisotopic (exact) mass is 540 g/mol. The van der Waals surface area contributed by atoms with Crippen molar-refractivity contribution in [1.29, 1.82) is 0 Å². The first-order valence-electron chi connectivity index (χ1n) is 12.4. The zero-order chi connectivity index (χ0) is 28.0. The topological polar surface area (TPSA) is 94.2 Å². The Morgan fingerprint density at radius 3 is 2.13 bits per heavy atom. The van der Waals surface area contributed by atoms with Crippen LogP contribution in [0, 0.1) is 20.8 Å². The average Bonchev–Trinajstić information content (AvgIpc) is 2.89. The summed E-state index contributed by atoms with van der Waals surface area (Å²) in [7, 11) is -1.25. The molecule has 1 N–H and O–H groups in total. The summed E-state index contributed by atoms with van der Waals surface area (Å²) in [6, 6.07) is 14.7. The number of ether oxygens (including phenoxy) is 3. The molecule has 0 radical (unpaired) electrons. The molecule has 0 heterocycles. The number of amides is 1. The number of hydrogen-bond acceptors (Lipinski definition) is 6. The molecule has 0 saturated heterocycles. The lowest BCUT2D eigenvalue weighted by Gasteiger charge is -2.26. The van der Waals surface area contributed by atoms with Crippen molar-refractivity contribution < 1.29 is 27.4 Å². The summed E-state index contributed by atoms with van der Waals surface area (Å²) >= 11 is 0. The van der Waals surface area contributed by atoms with Gasteiger partial charge in [0.05, 0.1) is 37.5 Å². The van der Waals surface area contributed by atoms with Gasteiger partial charge in [-0.25, -0.2) is 8.42 Å². The number of carbonyl (C=O) groups is 1. The van der Waals surface area contributed by atoms with E-state index in [1.807, 2.05) is 34.6 Å². The number of hydrogen-bond donors (Lipinski definition) is 1. The lowest BCUT2D eigenvalue weighted by atomic mass is 9.96. The minimum absolute atomic E-state index is 0.0325. The zero-order valence-corrected chi connectivity index (χ0v) is 23.8. The molecule has 3 aromatic carbocycles. The lowest BCUT2D eigenvalue weighted by molar-refractivity contribution is -0.120. The van der Waals surface area contributed by atoms with Crippen LogP contribution >= 0.6 is 0 Å². The number of benzene rings is 3. The summed E-state index contributed by atoms with van der Waals surface area (Å²) in [4.78, 5) is 13.2. The standard InChI is InChI=1S/C29H36N2O6S/c1-8-37-24-11-9-23(10-12-24)31(38(33,34)25-13-14-27(35-6)28(17-25)36-7)18-29(32)30-22(5)26-16-20(3)19(2)15-21(26)4/h9-17,22H,8,18H2,1-7H3,(H,30,32). The van der Waals surface area contributed by atoms with E-state index in [4.69, 9.17) is 14.2 Å². The van der Waals surface area contributed by atoms with Gasteiger partial charge in [0.15, 0.2) is 11.5 Å². The van der Waals surface area contributed by atoms with Crippen molar-refractivity contribution in [1.82, 2.24) is 5.32 Å². The maximum Gasteiger partial charge on any atom is 0.264 e. The van der Waals surface area contributed by atoms with E-state index >= 15 is 0 Å². The molecule has 0 aromatic heterocycles. The molecule has 204 valence electrons. The number of carbonyl (C=O) groups excluding carboxylic acids is 1. The van der Waals surface area contributed by atoms with E-state index in [0.29, 0.717) is 23.8 Å². The number of anilines is 1. The Bertz CT molecular complexity index is 1390. The fraction of sp³-hybridized carbons (Fsp3) is 0.345. The summed E-state index contributed by atoms with van der Waals surface area (Å²) in [5.74, 6) is 0.828. The summed E-state index contributed by atoms with van der Waals surface area (Å²) in [5.41, 5.74) is 4.67. The van der Waals surface area contributed by atoms with Crippen molar-refractivity contribution in [2.45, 2.75) is 45.6 Å². The Hall–Kier alpha value is -3.72. The molecular weight excluding hydrogens is 504 g/mol. The van der Waals surface area contributed by atoms with Gasteiger partial charge < -0.3 is 19.5 Å². The molecule has 9 heteroatoms. The Labute approximate surface area is 225 Å². The normalized spacial score (nSPS) is 12.0. The van der Waals surface area contributed by atoms with Crippen LogP contribution in [0.2, 0.25) is 0 Å². The van der Waals surface area contributed by atoms with Crippen LogP contribution in [0.1, 0.15) is 42.1 Å². The van der Waals surface area contributed by atoms with Gasteiger partial charge in [0.2, 0.25) is 5.91 Å². The minimum atomic E-state index is -4.16. The minimum Gasteiger partial charge on any atom is -0.494 e. The zero-order valence-electron chi connectivity index (χ0n) is 23.0. The van der Waals surface area contributed by atoms with Crippen LogP contribution in [0.4, 0.5) is 5.69 Å². The van der Waals surface area contributed by atoms with E-state index in [-0.39, 0.29) is 16.7 Å². The number of rotatable bonds is 11. The third kappa shape index (κ3) is 6.39. The van der Waals surface area contributed by atoms with Crippen molar-refractivity contribution in [2.75, 3.05) is 31.7 Å². The van der Waals surface area contributed by atoms with Gasteiger partial charge in [-0.2, -0.15) is 0 Å². The highest BCUT2D eigenvalue weighted by molar-refractivity contribution is 7.92. The number of nitrogens with zero attached hydrogens (tertiary/aromatic N) is 1. The molecule has 0 aliphatic carbocycles. The molecule has 0 saturated carbocycles. The second-order valence-electron chi connectivity index (χ2n) is 9.04. The van der Waals surface area contributed by atoms with Crippen LogP contribution in [0.3, 0.4) is 0 Å². The first-order chi connectivity index (χ1) is 18.0. The van der Waals surface area contributed by atoms with E-state index < -0.39 is 22.5 Å². The fourth-order valence-electron chi connectivity index (χ4n) is 4.24. The smallest absolute Gasteiger partial charge is 0.264 e. The second-order valence-corrected chi connectivity index (χ2v) is 10.9. The highest BCUT2D eigenvalue weighted by Crippen LogP contribution is 2.33. The molecule has 3 aromatic rings. The van der Waals surface area contributed by atoms with E-state index in [9.17, 15) is 13.2 Å². The van der Waals surface area contributed by atoms with E-state index in [1.165, 1.54) is 38.0 Å². The van der Waals surface area contributed by atoms with Crippen molar-refractivity contribution in [2.24, 2.45) is 0 Å². The van der Waals surface area contributed by atoms with Crippen LogP contribution in [-0.4, -0.2) is 41.7 Å². The summed E-state index contributed by atoms with van der Waals surface area (Å²) in [6.45, 7) is 9.88. The van der Waals surface area contributed by atoms with Gasteiger partial charge in [0.25, 0.3) is 10.0 Å². The van der Waals surface area contributed by atoms with Gasteiger partial charge in [-0.1, -0.05) is 12.1 Å². The predicted octanol–water partition coefficient (Wildman–Crippen LogP) is 5.10. The van der Waals surface area contributed by atoms with Gasteiger partial charge in [0, 0.05) is 6.07 Å². The second kappa shape index (κ2) is 12.2. The van der Waals surface area contributed by atoms with Crippen molar-refractivity contribution in [3.05, 3.63) is 76.9 Å². The molecule has 1 atom stereocenters. The molecule has 0 fully saturated rings. The summed E-state index contributed by atoms with van der Waals surface area (Å²) < 4.78 is 44.9. The molecule has 0 bridgehead atoms. The fourth-order valence-corrected chi connectivity index (χ4v) is 5.68. The molecule has 1 amide bonds. The third-order valence-corrected chi connectivity index (χ3v) is 8.16. The summed E-state index contributed by atoms with van der Waals surface area (Å²) in [6.07, 6.45) is 0. The van der Waals surface area contributed by atoms with E-state index in [0.717, 1.165) is 21.0 Å². The van der Waals surface area contributed by atoms with Crippen LogP contribution in [0.25, 0.3) is 0 Å². The highest BCUT2D eigenvalue weighted by atomic mass is 32.2. The van der Waals surface area contributed by atoms with E-state index in [1.54, 1.807) is 24.3 Å². The predicted molar refractivity (Wildman–Crippen MR) is 149 cm³/mol. The molecule has 0 aliphatic rings. The average molecular weight is 541 g/mol. The molecule has 0 aliphatic heterocycles. The van der Waals surface area contributed by atoms with Gasteiger partial charge in [0.1, 0.15) is 12.3 Å². The van der Waals surface area contributed by atoms with Crippen LogP contribution in [0.15, 0.2) is 59.5 Å². The number of methoxy groups -OCH3 is 2. The van der Waals surface area contributed by atoms with Crippen molar-refractivity contribution >= 4 is 21.6 Å². The largest absolute Gasteiger partial charge is 0.494 e. The van der Waals surface area contributed by atoms with Crippen LogP contribution < -0.4 is 23.8 Å². The van der Waals surface area contributed by atoms with Crippen LogP contribution in [0.5, 0.6) is 17.2 Å². The van der Waals surface area contributed by atoms with Crippen molar-refractivity contribution in [3.63, 3.8) is 0 Å². The molecular formula is C29H36N2O6S. The molecule has 0 spiro atoms. The van der Waals surface area contributed by atoms with E-state index in [2.05, 4.69) is 17.4 Å². The summed E-state index contributed by atoms with van der Waals surface area (Å²) in [5, 5.41) is 2.97. The molecule has 8 nitrogen and oxygen atoms in total. The Kier molecular flexibility index (Phi) is 9.27. The van der Waals surface area contributed by atoms with Crippen LogP contribution in [-0.2, 0) is 14.8 Å². The SMILES string of the molecule is CCOc1ccc(N(CC(=O)NC(C)c2cc(C)c(C)cc2C)S(=O)(=O)c2ccc(OC)c(OC)c2)cc1. The highest BCUT2D eigenvalue weighted by Gasteiger charge is 2.29. The third-order valence-electron chi connectivity index (χ3n) is 6.39. The molecule has 38 heavy (non-hydrogen) atoms. The maximum absolute atomic E-state index is 13.9. The number of sulfonamides is 1. The van der Waals surface area contributed by atoms with Gasteiger partial charge in [-0.3, -0.25) is 9.10 Å². The van der Waals surface area contributed by atoms with Gasteiger partial charge in [-0.15, -0.1) is 0 Å². The first-order valence-corrected chi connectivity index (χ1v) is 13.8.